The van der Waals surface area contributed by atoms with E-state index in [1.807, 2.05) is 7.11 Å². The summed E-state index contributed by atoms with van der Waals surface area (Å²) in [5.74, 6) is 0. The van der Waals surface area contributed by atoms with E-state index in [4.69, 9.17) is 4.74 Å². The number of rotatable bonds is 5. The number of hydrogen-bond acceptors (Lipinski definition) is 3. The molecule has 2 unspecified atom stereocenters. The van der Waals surface area contributed by atoms with Crippen LogP contribution in [0.5, 0.6) is 0 Å². The van der Waals surface area contributed by atoms with Gasteiger partial charge in [-0.3, -0.25) is 8.87 Å². The predicted molar refractivity (Wildman–Crippen MR) is 128 cm³/mol. The third-order valence-electron chi connectivity index (χ3n) is 6.08. The molecular formula is C23H27IN2OS. The number of halogens is 1. The topological polar surface area (TPSA) is 17.4 Å². The van der Waals surface area contributed by atoms with Crippen LogP contribution in [0, 0.1) is 13.8 Å². The molecule has 0 saturated carbocycles. The normalized spacial score (nSPS) is 20.7. The van der Waals surface area contributed by atoms with Gasteiger partial charge < -0.3 is 4.74 Å². The van der Waals surface area contributed by atoms with Crippen LogP contribution in [0.3, 0.4) is 0 Å². The minimum atomic E-state index is 0.345. The maximum absolute atomic E-state index is 5.74. The Morgan fingerprint density at radius 3 is 2.64 bits per heavy atom. The lowest BCUT2D eigenvalue weighted by atomic mass is 9.91. The second kappa shape index (κ2) is 8.78. The van der Waals surface area contributed by atoms with Crippen molar-refractivity contribution in [1.82, 2.24) is 8.87 Å². The first-order valence-electron chi connectivity index (χ1n) is 9.83. The fourth-order valence-electron chi connectivity index (χ4n) is 4.61. The highest BCUT2D eigenvalue weighted by atomic mass is 127. The van der Waals surface area contributed by atoms with Crippen molar-refractivity contribution >= 4 is 41.2 Å². The van der Waals surface area contributed by atoms with E-state index in [1.54, 1.807) is 9.12 Å². The van der Waals surface area contributed by atoms with Gasteiger partial charge >= 0.3 is 0 Å². The number of methoxy groups -OCH3 is 1. The molecule has 148 valence electrons. The molecule has 2 atom stereocenters. The minimum absolute atomic E-state index is 0.345. The van der Waals surface area contributed by atoms with Gasteiger partial charge in [-0.2, -0.15) is 0 Å². The van der Waals surface area contributed by atoms with Gasteiger partial charge in [0.25, 0.3) is 0 Å². The summed E-state index contributed by atoms with van der Waals surface area (Å²) in [6.07, 6.45) is 4.69. The zero-order chi connectivity index (χ0) is 19.7. The monoisotopic (exact) mass is 506 g/mol. The minimum Gasteiger partial charge on any atom is -0.381 e. The summed E-state index contributed by atoms with van der Waals surface area (Å²) in [6.45, 7) is 6.53. The maximum atomic E-state index is 5.74. The Labute approximate surface area is 184 Å². The highest BCUT2D eigenvalue weighted by Gasteiger charge is 2.30. The second-order valence-electron chi connectivity index (χ2n) is 7.74. The molecule has 1 fully saturated rings. The molecule has 0 aliphatic carbocycles. The predicted octanol–water partition coefficient (Wildman–Crippen LogP) is 6.46. The van der Waals surface area contributed by atoms with Gasteiger partial charge in [-0.1, -0.05) is 36.4 Å². The number of nitrogens with zero attached hydrogens (tertiary/aromatic N) is 2. The van der Waals surface area contributed by atoms with Gasteiger partial charge in [0.2, 0.25) is 0 Å². The molecule has 28 heavy (non-hydrogen) atoms. The molecule has 0 bridgehead atoms. The van der Waals surface area contributed by atoms with Gasteiger partial charge in [-0.25, -0.2) is 0 Å². The van der Waals surface area contributed by atoms with Crippen molar-refractivity contribution in [2.24, 2.45) is 0 Å². The van der Waals surface area contributed by atoms with Crippen LogP contribution < -0.4 is 0 Å². The lowest BCUT2D eigenvalue weighted by molar-refractivity contribution is 0.00692. The SMILES string of the molecule is COC1CCN(Cc2c(C)cc(C)c3c2ccn3SI)C(c2ccccc2)C1. The molecule has 0 spiro atoms. The van der Waals surface area contributed by atoms with Crippen molar-refractivity contribution in [2.75, 3.05) is 13.7 Å². The number of aryl methyl sites for hydroxylation is 2. The average molecular weight is 506 g/mol. The zero-order valence-electron chi connectivity index (χ0n) is 16.7. The number of fused-ring (bicyclic) bond motifs is 1. The highest BCUT2D eigenvalue weighted by molar-refractivity contribution is 14.2. The fourth-order valence-corrected chi connectivity index (χ4v) is 6.02. The van der Waals surface area contributed by atoms with Crippen molar-refractivity contribution in [3.8, 4) is 0 Å². The molecule has 5 heteroatoms. The van der Waals surface area contributed by atoms with Crippen LogP contribution in [0.2, 0.25) is 0 Å². The lowest BCUT2D eigenvalue weighted by Crippen LogP contribution is -2.39. The zero-order valence-corrected chi connectivity index (χ0v) is 19.7. The van der Waals surface area contributed by atoms with E-state index in [-0.39, 0.29) is 0 Å². The first-order valence-corrected chi connectivity index (χ1v) is 13.1. The van der Waals surface area contributed by atoms with E-state index in [2.05, 4.69) is 92.6 Å². The molecule has 1 saturated heterocycles. The van der Waals surface area contributed by atoms with E-state index >= 15 is 0 Å². The number of benzene rings is 2. The van der Waals surface area contributed by atoms with E-state index in [1.165, 1.54) is 33.2 Å². The molecular weight excluding hydrogens is 479 g/mol. The van der Waals surface area contributed by atoms with Gasteiger partial charge in [0, 0.05) is 68.1 Å². The third kappa shape index (κ3) is 3.86. The summed E-state index contributed by atoms with van der Waals surface area (Å²) in [7, 11) is 3.58. The number of likely N-dealkylation sites (tertiary alicyclic amines) is 1. The van der Waals surface area contributed by atoms with Crippen molar-refractivity contribution in [3.05, 3.63) is 70.9 Å². The van der Waals surface area contributed by atoms with Crippen molar-refractivity contribution < 1.29 is 4.74 Å². The van der Waals surface area contributed by atoms with Crippen LogP contribution in [0.15, 0.2) is 48.7 Å². The molecule has 0 N–H and O–H groups in total. The maximum Gasteiger partial charge on any atom is 0.0631 e. The van der Waals surface area contributed by atoms with Gasteiger partial charge in [-0.05, 0) is 55.0 Å². The molecule has 4 rings (SSSR count). The summed E-state index contributed by atoms with van der Waals surface area (Å²) in [6, 6.07) is 16.0. The van der Waals surface area contributed by atoms with Crippen LogP contribution in [0.1, 0.15) is 41.1 Å². The standard InChI is InChI=1S/C23H27IN2OS/c1-16-13-17(2)23-20(10-12-26(23)28-24)21(16)15-25-11-9-19(27-3)14-22(25)18-7-5-4-6-8-18/h4-8,10,12-13,19,22H,9,11,14-15H2,1-3H3. The van der Waals surface area contributed by atoms with E-state index in [0.717, 1.165) is 25.9 Å². The quantitative estimate of drug-likeness (QED) is 0.370. The molecule has 1 aromatic heterocycles. The number of ether oxygens (including phenoxy) is 1. The molecule has 0 amide bonds. The van der Waals surface area contributed by atoms with Crippen molar-refractivity contribution in [1.29, 1.82) is 0 Å². The summed E-state index contributed by atoms with van der Waals surface area (Å²) in [5.41, 5.74) is 6.94. The Morgan fingerprint density at radius 2 is 1.93 bits per heavy atom. The van der Waals surface area contributed by atoms with E-state index in [0.29, 0.717) is 12.1 Å². The van der Waals surface area contributed by atoms with Crippen molar-refractivity contribution in [2.45, 2.75) is 45.4 Å². The highest BCUT2D eigenvalue weighted by Crippen LogP contribution is 2.37. The van der Waals surface area contributed by atoms with E-state index in [9.17, 15) is 0 Å². The summed E-state index contributed by atoms with van der Waals surface area (Å²) >= 11 is 2.36. The van der Waals surface area contributed by atoms with Gasteiger partial charge in [-0.15, -0.1) is 0 Å². The Kier molecular flexibility index (Phi) is 6.35. The van der Waals surface area contributed by atoms with Gasteiger partial charge in [0.15, 0.2) is 0 Å². The Morgan fingerprint density at radius 1 is 1.14 bits per heavy atom. The van der Waals surface area contributed by atoms with Gasteiger partial charge in [0.05, 0.1) is 11.6 Å². The number of piperidine rings is 1. The molecule has 2 aromatic carbocycles. The summed E-state index contributed by atoms with van der Waals surface area (Å²) < 4.78 is 8.01. The summed E-state index contributed by atoms with van der Waals surface area (Å²) in [4.78, 5) is 2.65. The smallest absolute Gasteiger partial charge is 0.0631 e. The molecule has 2 heterocycles. The Hall–Kier alpha value is -1.02. The lowest BCUT2D eigenvalue weighted by Gasteiger charge is -2.39. The largest absolute Gasteiger partial charge is 0.381 e. The Bertz CT molecular complexity index is 956. The first kappa shape index (κ1) is 20.3. The molecule has 3 nitrogen and oxygen atoms in total. The van der Waals surface area contributed by atoms with Gasteiger partial charge in [0.1, 0.15) is 0 Å². The first-order chi connectivity index (χ1) is 13.6. The molecule has 1 aliphatic rings. The summed E-state index contributed by atoms with van der Waals surface area (Å²) in [5, 5.41) is 1.39. The van der Waals surface area contributed by atoms with Crippen LogP contribution >= 0.6 is 30.3 Å². The molecule has 0 radical (unpaired) electrons. The van der Waals surface area contributed by atoms with Crippen LogP contribution in [-0.4, -0.2) is 28.6 Å². The number of aromatic nitrogens is 1. The van der Waals surface area contributed by atoms with Crippen LogP contribution in [-0.2, 0) is 11.3 Å². The molecule has 1 aliphatic heterocycles. The van der Waals surface area contributed by atoms with Crippen LogP contribution in [0.25, 0.3) is 10.9 Å². The number of hydrogen-bond donors (Lipinski definition) is 0. The Balaban J connectivity index is 1.72. The van der Waals surface area contributed by atoms with Crippen molar-refractivity contribution in [3.63, 3.8) is 0 Å². The van der Waals surface area contributed by atoms with Crippen LogP contribution in [0.4, 0.5) is 0 Å². The fraction of sp³-hybridized carbons (Fsp3) is 0.391. The second-order valence-corrected chi connectivity index (χ2v) is 9.45. The molecule has 3 aromatic rings. The third-order valence-corrected chi connectivity index (χ3v) is 7.80. The average Bonchev–Trinajstić information content (AvgIpc) is 3.16. The van der Waals surface area contributed by atoms with E-state index < -0.39 is 0 Å².